The molecule has 12 heteroatoms. The highest BCUT2D eigenvalue weighted by Crippen LogP contribution is 2.21. The quantitative estimate of drug-likeness (QED) is 0.0790. The molecule has 0 fully saturated rings. The Morgan fingerprint density at radius 3 is 2.09 bits per heavy atom. The first-order chi connectivity index (χ1) is 14.9. The first-order valence-electron chi connectivity index (χ1n) is 11.3. The van der Waals surface area contributed by atoms with Crippen molar-refractivity contribution < 1.29 is 40.3 Å². The number of quaternary nitrogens is 1. The number of hydrogen-bond acceptors (Lipinski definition) is 9. The molecule has 192 valence electrons. The molecule has 0 aromatic rings. The fourth-order valence-corrected chi connectivity index (χ4v) is 7.39. The van der Waals surface area contributed by atoms with E-state index in [4.69, 9.17) is 18.0 Å². The minimum atomic E-state index is -4.19. The summed E-state index contributed by atoms with van der Waals surface area (Å²) in [7, 11) is -2.96. The predicted octanol–water partition coefficient (Wildman–Crippen LogP) is 2.35. The predicted molar refractivity (Wildman–Crippen MR) is 129 cm³/mol. The van der Waals surface area contributed by atoms with Gasteiger partial charge in [0.2, 0.25) is 0 Å². The van der Waals surface area contributed by atoms with Crippen LogP contribution in [0.4, 0.5) is 0 Å². The second-order valence-electron chi connectivity index (χ2n) is 8.23. The molecule has 0 saturated heterocycles. The number of carbonyl (C=O) groups is 1. The van der Waals surface area contributed by atoms with Gasteiger partial charge in [0.15, 0.2) is 0 Å². The van der Waals surface area contributed by atoms with E-state index >= 15 is 0 Å². The van der Waals surface area contributed by atoms with Crippen molar-refractivity contribution in [3.63, 3.8) is 0 Å². The highest BCUT2D eigenvalue weighted by molar-refractivity contribution is 7.99. The molecule has 0 N–H and O–H groups in total. The van der Waals surface area contributed by atoms with Crippen LogP contribution in [-0.4, -0.2) is 103 Å². The van der Waals surface area contributed by atoms with Gasteiger partial charge in [-0.05, 0) is 32.9 Å². The minimum Gasteiger partial charge on any atom is -0.748 e. The van der Waals surface area contributed by atoms with Gasteiger partial charge in [-0.2, -0.15) is 11.8 Å². The average Bonchev–Trinajstić information content (AvgIpc) is 2.66. The van der Waals surface area contributed by atoms with Crippen LogP contribution in [-0.2, 0) is 32.9 Å². The number of ether oxygens (including phenoxy) is 1. The molecule has 0 radical (unpaired) electrons. The molecule has 0 saturated carbocycles. The SMILES string of the molecule is CCO[Si](CCCSCC(C)C(=O)OCC[N+](C)(C)CCCS(=O)(=O)[O-])(OCC)OCC. The van der Waals surface area contributed by atoms with E-state index in [1.165, 1.54) is 0 Å². The number of rotatable bonds is 20. The first kappa shape index (κ1) is 31.8. The summed E-state index contributed by atoms with van der Waals surface area (Å²) >= 11 is 1.70. The van der Waals surface area contributed by atoms with Gasteiger partial charge in [-0.25, -0.2) is 8.42 Å². The maximum absolute atomic E-state index is 12.2. The molecule has 9 nitrogen and oxygen atoms in total. The number of likely N-dealkylation sites (N-methyl/N-ethyl adjacent to an activating group) is 1. The summed E-state index contributed by atoms with van der Waals surface area (Å²) in [4.78, 5) is 12.2. The van der Waals surface area contributed by atoms with E-state index in [2.05, 4.69) is 0 Å². The third kappa shape index (κ3) is 15.6. The van der Waals surface area contributed by atoms with Gasteiger partial charge in [0.05, 0.1) is 36.7 Å². The van der Waals surface area contributed by atoms with Crippen LogP contribution in [0, 0.1) is 5.92 Å². The zero-order chi connectivity index (χ0) is 24.7. The number of nitrogens with zero attached hydrogens (tertiary/aromatic N) is 1. The molecule has 0 amide bonds. The van der Waals surface area contributed by atoms with Gasteiger partial charge >= 0.3 is 14.8 Å². The van der Waals surface area contributed by atoms with E-state index in [1.54, 1.807) is 11.8 Å². The lowest BCUT2D eigenvalue weighted by molar-refractivity contribution is -0.890. The minimum absolute atomic E-state index is 0.214. The van der Waals surface area contributed by atoms with Gasteiger partial charge in [-0.1, -0.05) is 6.92 Å². The molecule has 0 aromatic carbocycles. The summed E-state index contributed by atoms with van der Waals surface area (Å²) in [5.74, 6) is 0.735. The molecule has 0 heterocycles. The Bertz CT molecular complexity index is 602. The molecule has 1 unspecified atom stereocenters. The van der Waals surface area contributed by atoms with Gasteiger partial charge in [-0.3, -0.25) is 4.79 Å². The van der Waals surface area contributed by atoms with Gasteiger partial charge in [0.25, 0.3) is 0 Å². The highest BCUT2D eigenvalue weighted by atomic mass is 32.2. The summed E-state index contributed by atoms with van der Waals surface area (Å²) < 4.78 is 55.6. The molecular formula is C20H43NO8S2Si. The molecule has 0 rings (SSSR count). The van der Waals surface area contributed by atoms with E-state index in [1.807, 2.05) is 41.8 Å². The Labute approximate surface area is 200 Å². The summed E-state index contributed by atoms with van der Waals surface area (Å²) in [6.07, 6.45) is 1.18. The van der Waals surface area contributed by atoms with Crippen molar-refractivity contribution >= 4 is 36.7 Å². The summed E-state index contributed by atoms with van der Waals surface area (Å²) in [6, 6.07) is 0.759. The molecule has 0 aliphatic heterocycles. The number of thioether (sulfide) groups is 1. The second-order valence-corrected chi connectivity index (χ2v) is 13.6. The lowest BCUT2D eigenvalue weighted by Crippen LogP contribution is -2.46. The normalized spacial score (nSPS) is 13.8. The maximum atomic E-state index is 12.2. The van der Waals surface area contributed by atoms with Crippen LogP contribution in [0.15, 0.2) is 0 Å². The largest absolute Gasteiger partial charge is 0.748 e. The van der Waals surface area contributed by atoms with Crippen LogP contribution in [0.5, 0.6) is 0 Å². The molecule has 0 aliphatic rings. The second kappa shape index (κ2) is 16.4. The van der Waals surface area contributed by atoms with Crippen molar-refractivity contribution in [1.82, 2.24) is 0 Å². The Balaban J connectivity index is 4.18. The standard InChI is InChI=1S/C20H43NO8S2Si/c1-7-27-32(28-8-2,29-9-3)17-11-15-30-18-19(4)20(22)26-14-13-21(5,6)12-10-16-31(23,24)25/h19H,7-18H2,1-6H3. The maximum Gasteiger partial charge on any atom is 0.500 e. The van der Waals surface area contributed by atoms with Crippen LogP contribution in [0.3, 0.4) is 0 Å². The van der Waals surface area contributed by atoms with Crippen LogP contribution in [0.25, 0.3) is 0 Å². The fourth-order valence-electron chi connectivity index (χ4n) is 3.04. The van der Waals surface area contributed by atoms with Gasteiger partial charge in [0, 0.05) is 43.8 Å². The van der Waals surface area contributed by atoms with E-state index in [-0.39, 0.29) is 24.2 Å². The van der Waals surface area contributed by atoms with Gasteiger partial charge < -0.3 is 27.1 Å². The lowest BCUT2D eigenvalue weighted by atomic mass is 10.2. The third-order valence-corrected chi connectivity index (χ3v) is 9.99. The molecule has 0 spiro atoms. The number of carbonyl (C=O) groups excluding carboxylic acids is 1. The van der Waals surface area contributed by atoms with Crippen molar-refractivity contribution in [1.29, 1.82) is 0 Å². The Morgan fingerprint density at radius 1 is 1.03 bits per heavy atom. The third-order valence-electron chi connectivity index (χ3n) is 4.73. The number of esters is 1. The van der Waals surface area contributed by atoms with Crippen LogP contribution in [0.1, 0.15) is 40.5 Å². The summed E-state index contributed by atoms with van der Waals surface area (Å²) in [6.45, 7) is 10.7. The molecule has 32 heavy (non-hydrogen) atoms. The number of hydrogen-bond donors (Lipinski definition) is 0. The van der Waals surface area contributed by atoms with Crippen molar-refractivity contribution in [3.05, 3.63) is 0 Å². The highest BCUT2D eigenvalue weighted by Gasteiger charge is 2.39. The zero-order valence-electron chi connectivity index (χ0n) is 20.6. The van der Waals surface area contributed by atoms with Crippen molar-refractivity contribution in [2.24, 2.45) is 5.92 Å². The first-order valence-corrected chi connectivity index (χ1v) is 16.0. The molecule has 0 aromatic heterocycles. The smallest absolute Gasteiger partial charge is 0.500 e. The van der Waals surface area contributed by atoms with E-state index in [0.717, 1.165) is 18.2 Å². The Morgan fingerprint density at radius 2 is 1.59 bits per heavy atom. The van der Waals surface area contributed by atoms with Crippen LogP contribution >= 0.6 is 11.8 Å². The van der Waals surface area contributed by atoms with Crippen molar-refractivity contribution in [2.45, 2.75) is 46.6 Å². The average molecular weight is 518 g/mol. The van der Waals surface area contributed by atoms with Crippen LogP contribution < -0.4 is 0 Å². The zero-order valence-corrected chi connectivity index (χ0v) is 23.2. The Hall–Kier alpha value is -0.213. The van der Waals surface area contributed by atoms with Crippen molar-refractivity contribution in [3.8, 4) is 0 Å². The van der Waals surface area contributed by atoms with E-state index < -0.39 is 18.9 Å². The molecule has 0 bridgehead atoms. The summed E-state index contributed by atoms with van der Waals surface area (Å²) in [5, 5.41) is 0. The van der Waals surface area contributed by atoms with Gasteiger partial charge in [-0.15, -0.1) is 0 Å². The van der Waals surface area contributed by atoms with Gasteiger partial charge in [0.1, 0.15) is 13.2 Å². The van der Waals surface area contributed by atoms with Crippen LogP contribution in [0.2, 0.25) is 6.04 Å². The van der Waals surface area contributed by atoms with Crippen molar-refractivity contribution in [2.75, 3.05) is 70.9 Å². The fraction of sp³-hybridized carbons (Fsp3) is 0.950. The lowest BCUT2D eigenvalue weighted by Gasteiger charge is -2.29. The molecule has 0 aliphatic carbocycles. The van der Waals surface area contributed by atoms with E-state index in [0.29, 0.717) is 49.6 Å². The summed E-state index contributed by atoms with van der Waals surface area (Å²) in [5.41, 5.74) is 0. The monoisotopic (exact) mass is 517 g/mol. The molecule has 1 atom stereocenters. The topological polar surface area (TPSA) is 111 Å². The molecular weight excluding hydrogens is 474 g/mol. The van der Waals surface area contributed by atoms with E-state index in [9.17, 15) is 17.8 Å². The Kier molecular flexibility index (Phi) is 16.3.